The molecule has 5 unspecified atom stereocenters. The van der Waals surface area contributed by atoms with Crippen LogP contribution < -0.4 is 5.32 Å². The third-order valence-electron chi connectivity index (χ3n) is 4.17. The number of carbonyl (C=O) groups is 1. The van der Waals surface area contributed by atoms with Crippen LogP contribution in [-0.4, -0.2) is 31.7 Å². The maximum Gasteiger partial charge on any atom is 0.270 e. The SMILES string of the molecule is C=C(C)C(=O)NC1C2CC3C1OS(=O)(=O)C3C2. The Morgan fingerprint density at radius 3 is 2.76 bits per heavy atom. The van der Waals surface area contributed by atoms with Gasteiger partial charge in [0.05, 0.1) is 11.3 Å². The minimum atomic E-state index is -3.39. The summed E-state index contributed by atoms with van der Waals surface area (Å²) < 4.78 is 28.5. The number of hydrogen-bond acceptors (Lipinski definition) is 4. The van der Waals surface area contributed by atoms with E-state index in [1.54, 1.807) is 6.92 Å². The van der Waals surface area contributed by atoms with E-state index in [9.17, 15) is 13.2 Å². The Morgan fingerprint density at radius 1 is 1.41 bits per heavy atom. The maximum atomic E-state index is 11.7. The summed E-state index contributed by atoms with van der Waals surface area (Å²) in [7, 11) is -3.39. The first-order valence-corrected chi connectivity index (χ1v) is 7.26. The predicted octanol–water partition coefficient (Wildman–Crippen LogP) is 0.184. The highest BCUT2D eigenvalue weighted by Gasteiger charge is 2.64. The summed E-state index contributed by atoms with van der Waals surface area (Å²) in [6.07, 6.45) is 1.10. The van der Waals surface area contributed by atoms with Crippen molar-refractivity contribution in [2.75, 3.05) is 0 Å². The van der Waals surface area contributed by atoms with Crippen molar-refractivity contribution in [1.29, 1.82) is 0 Å². The maximum absolute atomic E-state index is 11.7. The Kier molecular flexibility index (Phi) is 2.19. The van der Waals surface area contributed by atoms with E-state index < -0.39 is 10.1 Å². The summed E-state index contributed by atoms with van der Waals surface area (Å²) in [5, 5.41) is 2.51. The van der Waals surface area contributed by atoms with Crippen molar-refractivity contribution in [3.05, 3.63) is 12.2 Å². The lowest BCUT2D eigenvalue weighted by molar-refractivity contribution is -0.119. The molecule has 5 nitrogen and oxygen atoms in total. The van der Waals surface area contributed by atoms with Gasteiger partial charge in [0.1, 0.15) is 6.10 Å². The van der Waals surface area contributed by atoms with E-state index in [0.717, 1.165) is 6.42 Å². The Balaban J connectivity index is 1.83. The van der Waals surface area contributed by atoms with Gasteiger partial charge in [-0.3, -0.25) is 8.98 Å². The van der Waals surface area contributed by atoms with Crippen LogP contribution in [0.4, 0.5) is 0 Å². The van der Waals surface area contributed by atoms with Crippen LogP contribution in [0.2, 0.25) is 0 Å². The molecule has 17 heavy (non-hydrogen) atoms. The molecule has 1 saturated heterocycles. The molecule has 2 bridgehead atoms. The molecule has 1 aliphatic heterocycles. The zero-order valence-electron chi connectivity index (χ0n) is 9.55. The molecule has 0 spiro atoms. The second-order valence-corrected chi connectivity index (χ2v) is 7.05. The largest absolute Gasteiger partial charge is 0.347 e. The molecule has 1 heterocycles. The molecule has 3 aliphatic rings. The summed E-state index contributed by atoms with van der Waals surface area (Å²) in [6.45, 7) is 5.21. The van der Waals surface area contributed by atoms with Gasteiger partial charge < -0.3 is 5.32 Å². The van der Waals surface area contributed by atoms with Gasteiger partial charge >= 0.3 is 0 Å². The fourth-order valence-corrected chi connectivity index (χ4v) is 5.30. The van der Waals surface area contributed by atoms with E-state index in [4.69, 9.17) is 4.18 Å². The number of carbonyl (C=O) groups excluding carboxylic acids is 1. The topological polar surface area (TPSA) is 72.5 Å². The first-order chi connectivity index (χ1) is 7.90. The van der Waals surface area contributed by atoms with E-state index in [2.05, 4.69) is 11.9 Å². The summed E-state index contributed by atoms with van der Waals surface area (Å²) in [6, 6.07) is -0.169. The van der Waals surface area contributed by atoms with Gasteiger partial charge in [0.25, 0.3) is 10.1 Å². The smallest absolute Gasteiger partial charge is 0.270 e. The van der Waals surface area contributed by atoms with Gasteiger partial charge in [-0.1, -0.05) is 6.58 Å². The minimum absolute atomic E-state index is 0.0698. The Bertz CT molecular complexity index is 498. The van der Waals surface area contributed by atoms with Crippen LogP contribution in [-0.2, 0) is 19.1 Å². The van der Waals surface area contributed by atoms with Crippen molar-refractivity contribution >= 4 is 16.0 Å². The molecule has 94 valence electrons. The Morgan fingerprint density at radius 2 is 2.12 bits per heavy atom. The molecule has 2 saturated carbocycles. The van der Waals surface area contributed by atoms with E-state index in [-0.39, 0.29) is 35.1 Å². The average molecular weight is 257 g/mol. The van der Waals surface area contributed by atoms with Crippen molar-refractivity contribution < 1.29 is 17.4 Å². The molecule has 0 aromatic rings. The zero-order chi connectivity index (χ0) is 12.4. The summed E-state index contributed by atoms with van der Waals surface area (Å²) in [4.78, 5) is 11.6. The van der Waals surface area contributed by atoms with Gasteiger partial charge in [-0.15, -0.1) is 0 Å². The van der Waals surface area contributed by atoms with Crippen LogP contribution in [0.3, 0.4) is 0 Å². The van der Waals surface area contributed by atoms with Crippen molar-refractivity contribution in [1.82, 2.24) is 5.32 Å². The van der Waals surface area contributed by atoms with Crippen LogP contribution in [0, 0.1) is 11.8 Å². The van der Waals surface area contributed by atoms with Gasteiger partial charge in [-0.05, 0) is 25.7 Å². The summed E-state index contributed by atoms with van der Waals surface area (Å²) >= 11 is 0. The number of fused-ring (bicyclic) bond motifs is 1. The van der Waals surface area contributed by atoms with Gasteiger partial charge in [0.15, 0.2) is 0 Å². The van der Waals surface area contributed by atoms with Crippen LogP contribution in [0.15, 0.2) is 12.2 Å². The predicted molar refractivity (Wildman–Crippen MR) is 60.5 cm³/mol. The van der Waals surface area contributed by atoms with Gasteiger partial charge in [-0.2, -0.15) is 8.42 Å². The zero-order valence-corrected chi connectivity index (χ0v) is 10.4. The quantitative estimate of drug-likeness (QED) is 0.566. The minimum Gasteiger partial charge on any atom is -0.347 e. The second kappa shape index (κ2) is 3.32. The van der Waals surface area contributed by atoms with Gasteiger partial charge in [0.2, 0.25) is 5.91 Å². The van der Waals surface area contributed by atoms with Crippen molar-refractivity contribution in [3.63, 3.8) is 0 Å². The van der Waals surface area contributed by atoms with Crippen LogP contribution in [0.1, 0.15) is 19.8 Å². The molecule has 3 fully saturated rings. The normalized spacial score (nSPS) is 44.9. The van der Waals surface area contributed by atoms with Gasteiger partial charge in [0, 0.05) is 11.5 Å². The Hall–Kier alpha value is -0.880. The van der Waals surface area contributed by atoms with Crippen LogP contribution in [0.25, 0.3) is 0 Å². The monoisotopic (exact) mass is 257 g/mol. The van der Waals surface area contributed by atoms with E-state index in [0.29, 0.717) is 12.0 Å². The first-order valence-electron chi connectivity index (χ1n) is 5.78. The molecular weight excluding hydrogens is 242 g/mol. The third kappa shape index (κ3) is 1.47. The Labute approximate surface area is 100 Å². The highest BCUT2D eigenvalue weighted by molar-refractivity contribution is 7.87. The van der Waals surface area contributed by atoms with Crippen LogP contribution in [0.5, 0.6) is 0 Å². The molecule has 5 atom stereocenters. The molecule has 6 heteroatoms. The summed E-state index contributed by atoms with van der Waals surface area (Å²) in [5.74, 6) is 0.0861. The lowest BCUT2D eigenvalue weighted by atomic mass is 9.92. The lowest BCUT2D eigenvalue weighted by Crippen LogP contribution is -2.47. The third-order valence-corrected chi connectivity index (χ3v) is 5.95. The van der Waals surface area contributed by atoms with E-state index in [1.807, 2.05) is 0 Å². The van der Waals surface area contributed by atoms with E-state index >= 15 is 0 Å². The molecule has 0 aromatic carbocycles. The number of hydrogen-bond donors (Lipinski definition) is 1. The highest BCUT2D eigenvalue weighted by Crippen LogP contribution is 2.54. The number of nitrogens with one attached hydrogen (secondary N) is 1. The first kappa shape index (κ1) is 11.2. The lowest BCUT2D eigenvalue weighted by Gasteiger charge is -2.25. The van der Waals surface area contributed by atoms with Gasteiger partial charge in [-0.25, -0.2) is 0 Å². The fourth-order valence-electron chi connectivity index (χ4n) is 3.41. The van der Waals surface area contributed by atoms with Crippen LogP contribution >= 0.6 is 0 Å². The molecule has 0 aromatic heterocycles. The average Bonchev–Trinajstić information content (AvgIpc) is 2.81. The molecule has 2 aliphatic carbocycles. The summed E-state index contributed by atoms with van der Waals surface area (Å²) in [5.41, 5.74) is 0.435. The molecule has 3 rings (SSSR count). The van der Waals surface area contributed by atoms with Crippen molar-refractivity contribution in [3.8, 4) is 0 Å². The van der Waals surface area contributed by atoms with Crippen molar-refractivity contribution in [2.24, 2.45) is 11.8 Å². The highest BCUT2D eigenvalue weighted by atomic mass is 32.2. The molecule has 1 amide bonds. The van der Waals surface area contributed by atoms with Crippen molar-refractivity contribution in [2.45, 2.75) is 37.2 Å². The molecule has 0 radical (unpaired) electrons. The second-order valence-electron chi connectivity index (χ2n) is 5.27. The molecule has 1 N–H and O–H groups in total. The molecular formula is C11H15NO4S. The standard InChI is InChI=1S/C11H15NO4S/c1-5(2)11(13)12-9-6-3-7-8(4-6)17(14,15)16-10(7)9/h6-10H,1,3-4H2,2H3,(H,12,13). The fraction of sp³-hybridized carbons (Fsp3) is 0.727. The number of rotatable bonds is 2. The van der Waals surface area contributed by atoms with E-state index in [1.165, 1.54) is 0 Å². The number of amides is 1.